The molecule has 48 valence electrons. The molecule has 0 amide bonds. The van der Waals surface area contributed by atoms with Crippen LogP contribution in [0.4, 0.5) is 0 Å². The number of aliphatic carboxylic acids is 1. The van der Waals surface area contributed by atoms with Crippen molar-refractivity contribution in [1.29, 1.82) is 0 Å². The second-order valence-electron chi connectivity index (χ2n) is 1.96. The number of carbonyl (C=O) groups is 1. The highest BCUT2D eigenvalue weighted by atomic mass is 16.4. The van der Waals surface area contributed by atoms with Gasteiger partial charge in [-0.05, 0) is 6.08 Å². The van der Waals surface area contributed by atoms with Crippen molar-refractivity contribution in [2.75, 3.05) is 0 Å². The molecule has 0 bridgehead atoms. The Morgan fingerprint density at radius 3 is 2.89 bits per heavy atom. The Balaban J connectivity index is 2.69. The monoisotopic (exact) mass is 125 g/mol. The first kappa shape index (κ1) is 6.08. The van der Waals surface area contributed by atoms with Crippen molar-refractivity contribution in [3.05, 3.63) is 17.4 Å². The molecule has 0 aromatic carbocycles. The van der Waals surface area contributed by atoms with Gasteiger partial charge in [-0.25, -0.2) is 4.79 Å². The first-order valence-corrected chi connectivity index (χ1v) is 2.64. The van der Waals surface area contributed by atoms with E-state index in [0.717, 1.165) is 0 Å². The summed E-state index contributed by atoms with van der Waals surface area (Å²) in [7, 11) is 0. The molecule has 0 fully saturated rings. The fourth-order valence-corrected chi connectivity index (χ4v) is 0.710. The van der Waals surface area contributed by atoms with E-state index in [9.17, 15) is 4.79 Å². The SMILES string of the molecule is NC1C=C=C(C(=O)O)C1. The fraction of sp³-hybridized carbons (Fsp3) is 0.333. The summed E-state index contributed by atoms with van der Waals surface area (Å²) < 4.78 is 0. The van der Waals surface area contributed by atoms with E-state index in [1.165, 1.54) is 0 Å². The zero-order valence-electron chi connectivity index (χ0n) is 4.79. The Kier molecular flexibility index (Phi) is 1.39. The molecule has 0 spiro atoms. The molecule has 0 radical (unpaired) electrons. The van der Waals surface area contributed by atoms with Crippen LogP contribution >= 0.6 is 0 Å². The first-order valence-electron chi connectivity index (χ1n) is 2.64. The summed E-state index contributed by atoms with van der Waals surface area (Å²) in [6, 6.07) is -0.143. The topological polar surface area (TPSA) is 63.3 Å². The van der Waals surface area contributed by atoms with E-state index in [2.05, 4.69) is 5.73 Å². The Hall–Kier alpha value is -1.05. The van der Waals surface area contributed by atoms with Crippen LogP contribution in [0.3, 0.4) is 0 Å². The molecule has 1 aliphatic rings. The molecule has 1 rings (SSSR count). The Morgan fingerprint density at radius 2 is 2.67 bits per heavy atom. The molecule has 0 aliphatic heterocycles. The van der Waals surface area contributed by atoms with Gasteiger partial charge >= 0.3 is 5.97 Å². The number of nitrogens with two attached hydrogens (primary N) is 1. The second-order valence-corrected chi connectivity index (χ2v) is 1.96. The van der Waals surface area contributed by atoms with Crippen LogP contribution < -0.4 is 5.73 Å². The average molecular weight is 125 g/mol. The lowest BCUT2D eigenvalue weighted by atomic mass is 10.2. The summed E-state index contributed by atoms with van der Waals surface area (Å²) >= 11 is 0. The van der Waals surface area contributed by atoms with Crippen LogP contribution in [0.25, 0.3) is 0 Å². The van der Waals surface area contributed by atoms with Crippen molar-refractivity contribution in [3.8, 4) is 0 Å². The van der Waals surface area contributed by atoms with Gasteiger partial charge in [-0.15, -0.1) is 5.73 Å². The number of carboxylic acid groups (broad SMARTS) is 1. The maximum absolute atomic E-state index is 10.2. The van der Waals surface area contributed by atoms with Gasteiger partial charge in [0.1, 0.15) is 0 Å². The third-order valence-corrected chi connectivity index (χ3v) is 1.17. The van der Waals surface area contributed by atoms with Crippen LogP contribution in [0.1, 0.15) is 6.42 Å². The molecule has 0 aromatic heterocycles. The van der Waals surface area contributed by atoms with Crippen molar-refractivity contribution in [3.63, 3.8) is 0 Å². The maximum atomic E-state index is 10.2. The third-order valence-electron chi connectivity index (χ3n) is 1.17. The molecular weight excluding hydrogens is 118 g/mol. The van der Waals surface area contributed by atoms with Crippen molar-refractivity contribution >= 4 is 5.97 Å². The molecule has 0 heterocycles. The molecule has 3 N–H and O–H groups in total. The van der Waals surface area contributed by atoms with Gasteiger partial charge < -0.3 is 10.8 Å². The summed E-state index contributed by atoms with van der Waals surface area (Å²) in [6.45, 7) is 0. The van der Waals surface area contributed by atoms with Gasteiger partial charge in [-0.2, -0.15) is 0 Å². The van der Waals surface area contributed by atoms with E-state index in [4.69, 9.17) is 10.8 Å². The highest BCUT2D eigenvalue weighted by molar-refractivity contribution is 5.87. The average Bonchev–Trinajstić information content (AvgIpc) is 2.14. The van der Waals surface area contributed by atoms with Gasteiger partial charge in [0, 0.05) is 12.5 Å². The molecule has 1 aliphatic carbocycles. The minimum absolute atomic E-state index is 0.143. The molecule has 9 heavy (non-hydrogen) atoms. The largest absolute Gasteiger partial charge is 0.477 e. The summed E-state index contributed by atoms with van der Waals surface area (Å²) in [4.78, 5) is 10.2. The standard InChI is InChI=1S/C6H7NO2/c7-5-2-1-4(3-5)6(8)9/h2,5H,3,7H2,(H,8,9). The highest BCUT2D eigenvalue weighted by Crippen LogP contribution is 2.09. The highest BCUT2D eigenvalue weighted by Gasteiger charge is 2.13. The minimum Gasteiger partial charge on any atom is -0.477 e. The maximum Gasteiger partial charge on any atom is 0.339 e. The molecular formula is C6H7NO2. The predicted molar refractivity (Wildman–Crippen MR) is 31.8 cm³/mol. The van der Waals surface area contributed by atoms with Crippen LogP contribution in [0.5, 0.6) is 0 Å². The molecule has 0 aromatic rings. The van der Waals surface area contributed by atoms with Crippen LogP contribution in [0.2, 0.25) is 0 Å². The molecule has 3 nitrogen and oxygen atoms in total. The lowest BCUT2D eigenvalue weighted by Crippen LogP contribution is -2.15. The van der Waals surface area contributed by atoms with Crippen LogP contribution in [-0.4, -0.2) is 17.1 Å². The Morgan fingerprint density at radius 1 is 2.00 bits per heavy atom. The zero-order valence-corrected chi connectivity index (χ0v) is 4.79. The molecule has 1 atom stereocenters. The third kappa shape index (κ3) is 1.19. The van der Waals surface area contributed by atoms with E-state index < -0.39 is 5.97 Å². The van der Waals surface area contributed by atoms with Gasteiger partial charge in [0.15, 0.2) is 0 Å². The Labute approximate surface area is 52.5 Å². The minimum atomic E-state index is -0.917. The number of rotatable bonds is 1. The number of hydrogen-bond acceptors (Lipinski definition) is 2. The van der Waals surface area contributed by atoms with Crippen molar-refractivity contribution in [2.45, 2.75) is 12.5 Å². The zero-order chi connectivity index (χ0) is 6.85. The normalized spacial score (nSPS) is 24.1. The van der Waals surface area contributed by atoms with E-state index >= 15 is 0 Å². The van der Waals surface area contributed by atoms with Crippen LogP contribution in [0.15, 0.2) is 17.4 Å². The predicted octanol–water partition coefficient (Wildman–Crippen LogP) is -0.117. The van der Waals surface area contributed by atoms with E-state index in [1.807, 2.05) is 0 Å². The van der Waals surface area contributed by atoms with Crippen LogP contribution in [-0.2, 0) is 4.79 Å². The van der Waals surface area contributed by atoms with Gasteiger partial charge in [0.05, 0.1) is 5.57 Å². The summed E-state index contributed by atoms with van der Waals surface area (Å²) in [5, 5.41) is 8.36. The lowest BCUT2D eigenvalue weighted by Gasteiger charge is -1.95. The number of hydrogen-bond donors (Lipinski definition) is 2. The quantitative estimate of drug-likeness (QED) is 0.480. The van der Waals surface area contributed by atoms with Gasteiger partial charge in [-0.3, -0.25) is 0 Å². The van der Waals surface area contributed by atoms with Gasteiger partial charge in [-0.1, -0.05) is 0 Å². The fourth-order valence-electron chi connectivity index (χ4n) is 0.710. The first-order chi connectivity index (χ1) is 4.20. The smallest absolute Gasteiger partial charge is 0.339 e. The summed E-state index contributed by atoms with van der Waals surface area (Å²) in [6.07, 6.45) is 1.98. The molecule has 0 saturated heterocycles. The van der Waals surface area contributed by atoms with Crippen molar-refractivity contribution in [1.82, 2.24) is 0 Å². The van der Waals surface area contributed by atoms with Crippen LogP contribution in [0, 0.1) is 0 Å². The molecule has 3 heteroatoms. The van der Waals surface area contributed by atoms with E-state index in [0.29, 0.717) is 6.42 Å². The lowest BCUT2D eigenvalue weighted by molar-refractivity contribution is -0.132. The Bertz CT molecular complexity index is 201. The summed E-state index contributed by atoms with van der Waals surface area (Å²) in [5.41, 5.74) is 8.21. The summed E-state index contributed by atoms with van der Waals surface area (Å²) in [5.74, 6) is -0.917. The second kappa shape index (κ2) is 2.05. The van der Waals surface area contributed by atoms with Gasteiger partial charge in [0.2, 0.25) is 0 Å². The number of carboxylic acids is 1. The van der Waals surface area contributed by atoms with Crippen molar-refractivity contribution in [2.24, 2.45) is 5.73 Å². The van der Waals surface area contributed by atoms with Crippen molar-refractivity contribution < 1.29 is 9.90 Å². The van der Waals surface area contributed by atoms with Gasteiger partial charge in [0.25, 0.3) is 0 Å². The molecule has 1 unspecified atom stereocenters. The molecule has 0 saturated carbocycles. The van der Waals surface area contributed by atoms with E-state index in [-0.39, 0.29) is 11.6 Å². The van der Waals surface area contributed by atoms with E-state index in [1.54, 1.807) is 6.08 Å².